The van der Waals surface area contributed by atoms with E-state index in [0.717, 1.165) is 12.0 Å². The van der Waals surface area contributed by atoms with Gasteiger partial charge in [-0.1, -0.05) is 58.9 Å². The van der Waals surface area contributed by atoms with Gasteiger partial charge in [0.05, 0.1) is 6.61 Å². The van der Waals surface area contributed by atoms with Gasteiger partial charge in [-0.3, -0.25) is 0 Å². The first-order valence-electron chi connectivity index (χ1n) is 7.54. The van der Waals surface area contributed by atoms with Gasteiger partial charge in [0.25, 0.3) is 0 Å². The minimum absolute atomic E-state index is 0.275. The van der Waals surface area contributed by atoms with Gasteiger partial charge in [0.2, 0.25) is 0 Å². The van der Waals surface area contributed by atoms with Gasteiger partial charge in [0.1, 0.15) is 0 Å². The smallest absolute Gasteiger partial charge is 0.165 e. The second-order valence-electron chi connectivity index (χ2n) is 4.84. The number of halogens is 1. The lowest BCUT2D eigenvalue weighted by molar-refractivity contribution is 0.301. The van der Waals surface area contributed by atoms with Crippen LogP contribution in [0.2, 0.25) is 0 Å². The third-order valence-electron chi connectivity index (χ3n) is 2.76. The maximum atomic E-state index is 13.0. The van der Waals surface area contributed by atoms with Crippen molar-refractivity contribution in [3.05, 3.63) is 29.6 Å². The van der Waals surface area contributed by atoms with Crippen molar-refractivity contribution in [3.63, 3.8) is 0 Å². The van der Waals surface area contributed by atoms with Gasteiger partial charge in [-0.05, 0) is 31.0 Å². The summed E-state index contributed by atoms with van der Waals surface area (Å²) < 4.78 is 18.2. The van der Waals surface area contributed by atoms with Crippen molar-refractivity contribution in [2.45, 2.75) is 66.2 Å². The van der Waals surface area contributed by atoms with Crippen LogP contribution in [0, 0.1) is 12.7 Å². The molecule has 0 saturated carbocycles. The molecule has 1 nitrogen and oxygen atoms in total. The van der Waals surface area contributed by atoms with E-state index in [-0.39, 0.29) is 5.82 Å². The lowest BCUT2D eigenvalue weighted by Crippen LogP contribution is -1.97. The van der Waals surface area contributed by atoms with Gasteiger partial charge in [-0.25, -0.2) is 4.39 Å². The van der Waals surface area contributed by atoms with Crippen LogP contribution in [0.5, 0.6) is 5.75 Å². The van der Waals surface area contributed by atoms with Gasteiger partial charge in [-0.15, -0.1) is 0 Å². The maximum absolute atomic E-state index is 13.0. The third kappa shape index (κ3) is 9.52. The molecule has 2 heteroatoms. The molecule has 0 atom stereocenters. The van der Waals surface area contributed by atoms with E-state index >= 15 is 0 Å². The number of ether oxygens (including phenoxy) is 1. The SMILES string of the molecule is CCCCCCC.CCCOc1ccc(C)cc1F. The molecule has 19 heavy (non-hydrogen) atoms. The largest absolute Gasteiger partial charge is 0.491 e. The van der Waals surface area contributed by atoms with Crippen molar-refractivity contribution in [2.24, 2.45) is 0 Å². The molecule has 0 unspecified atom stereocenters. The van der Waals surface area contributed by atoms with Gasteiger partial charge in [0.15, 0.2) is 11.6 Å². The van der Waals surface area contributed by atoms with Crippen molar-refractivity contribution in [3.8, 4) is 5.75 Å². The van der Waals surface area contributed by atoms with Gasteiger partial charge < -0.3 is 4.74 Å². The maximum Gasteiger partial charge on any atom is 0.165 e. The highest BCUT2D eigenvalue weighted by Gasteiger charge is 2.01. The quantitative estimate of drug-likeness (QED) is 0.559. The number of hydrogen-bond donors (Lipinski definition) is 0. The van der Waals surface area contributed by atoms with Crippen molar-refractivity contribution in [1.29, 1.82) is 0 Å². The third-order valence-corrected chi connectivity index (χ3v) is 2.76. The molecule has 1 rings (SSSR count). The zero-order valence-corrected chi connectivity index (χ0v) is 13.0. The first-order chi connectivity index (χ1) is 9.15. The Bertz CT molecular complexity index is 319. The van der Waals surface area contributed by atoms with Crippen LogP contribution in [-0.2, 0) is 0 Å². The molecule has 0 aliphatic heterocycles. The van der Waals surface area contributed by atoms with Crippen LogP contribution in [0.25, 0.3) is 0 Å². The molecule has 0 spiro atoms. The minimum Gasteiger partial charge on any atom is -0.491 e. The summed E-state index contributed by atoms with van der Waals surface area (Å²) in [5.41, 5.74) is 0.913. The summed E-state index contributed by atoms with van der Waals surface area (Å²) >= 11 is 0. The number of hydrogen-bond acceptors (Lipinski definition) is 1. The molecule has 0 radical (unpaired) electrons. The lowest BCUT2D eigenvalue weighted by atomic mass is 10.2. The zero-order chi connectivity index (χ0) is 14.5. The minimum atomic E-state index is -0.275. The van der Waals surface area contributed by atoms with E-state index < -0.39 is 0 Å². The Kier molecular flexibility index (Phi) is 11.3. The summed E-state index contributed by atoms with van der Waals surface area (Å²) in [5.74, 6) is 0.0749. The van der Waals surface area contributed by atoms with E-state index in [0.29, 0.717) is 12.4 Å². The molecule has 0 N–H and O–H groups in total. The van der Waals surface area contributed by atoms with E-state index in [2.05, 4.69) is 13.8 Å². The average Bonchev–Trinajstić information content (AvgIpc) is 2.39. The number of aryl methyl sites for hydroxylation is 1. The van der Waals surface area contributed by atoms with Gasteiger partial charge >= 0.3 is 0 Å². The van der Waals surface area contributed by atoms with Gasteiger partial charge in [-0.2, -0.15) is 0 Å². The standard InChI is InChI=1S/C10H13FO.C7H16/c1-3-6-12-10-5-4-8(2)7-9(10)11;1-3-5-7-6-4-2/h4-5,7H,3,6H2,1-2H3;3-7H2,1-2H3. The molecule has 0 saturated heterocycles. The first-order valence-corrected chi connectivity index (χ1v) is 7.54. The Morgan fingerprint density at radius 3 is 2.05 bits per heavy atom. The van der Waals surface area contributed by atoms with Crippen LogP contribution in [-0.4, -0.2) is 6.61 Å². The summed E-state index contributed by atoms with van der Waals surface area (Å²) in [6.45, 7) is 8.91. The van der Waals surface area contributed by atoms with Gasteiger partial charge in [0, 0.05) is 0 Å². The van der Waals surface area contributed by atoms with E-state index in [1.54, 1.807) is 6.07 Å². The Balaban J connectivity index is 0.000000399. The van der Waals surface area contributed by atoms with E-state index in [4.69, 9.17) is 4.74 Å². The van der Waals surface area contributed by atoms with Crippen LogP contribution >= 0.6 is 0 Å². The monoisotopic (exact) mass is 268 g/mol. The van der Waals surface area contributed by atoms with Crippen LogP contribution < -0.4 is 4.74 Å². The summed E-state index contributed by atoms with van der Waals surface area (Å²) in [6.07, 6.45) is 7.90. The molecule has 0 aliphatic carbocycles. The molecule has 0 bridgehead atoms. The normalized spacial score (nSPS) is 9.74. The van der Waals surface area contributed by atoms with E-state index in [9.17, 15) is 4.39 Å². The molecule has 1 aromatic rings. The van der Waals surface area contributed by atoms with E-state index in [1.165, 1.54) is 38.2 Å². The Labute approximate surface area is 118 Å². The molecule has 0 aliphatic rings. The number of rotatable bonds is 7. The fourth-order valence-electron chi connectivity index (χ4n) is 1.61. The molecule has 1 aromatic carbocycles. The second-order valence-corrected chi connectivity index (χ2v) is 4.84. The highest BCUT2D eigenvalue weighted by atomic mass is 19.1. The fourth-order valence-corrected chi connectivity index (χ4v) is 1.61. The highest BCUT2D eigenvalue weighted by molar-refractivity contribution is 5.28. The summed E-state index contributed by atoms with van der Waals surface area (Å²) in [6, 6.07) is 4.99. The lowest BCUT2D eigenvalue weighted by Gasteiger charge is -2.05. The number of benzene rings is 1. The van der Waals surface area contributed by atoms with Crippen molar-refractivity contribution >= 4 is 0 Å². The number of unbranched alkanes of at least 4 members (excludes halogenated alkanes) is 4. The fraction of sp³-hybridized carbons (Fsp3) is 0.647. The summed E-state index contributed by atoms with van der Waals surface area (Å²) in [5, 5.41) is 0. The molecule has 0 fully saturated rings. The predicted molar refractivity (Wildman–Crippen MR) is 81.4 cm³/mol. The van der Waals surface area contributed by atoms with Crippen molar-refractivity contribution in [1.82, 2.24) is 0 Å². The van der Waals surface area contributed by atoms with Crippen LogP contribution in [0.15, 0.2) is 18.2 Å². The Hall–Kier alpha value is -1.05. The molecule has 0 aromatic heterocycles. The first kappa shape index (κ1) is 17.9. The molecule has 110 valence electrons. The molecular formula is C17H29FO. The highest BCUT2D eigenvalue weighted by Crippen LogP contribution is 2.17. The zero-order valence-electron chi connectivity index (χ0n) is 13.0. The molecule has 0 heterocycles. The second kappa shape index (κ2) is 12.0. The summed E-state index contributed by atoms with van der Waals surface area (Å²) in [4.78, 5) is 0. The Morgan fingerprint density at radius 2 is 1.58 bits per heavy atom. The molecule has 0 amide bonds. The van der Waals surface area contributed by atoms with Crippen molar-refractivity contribution in [2.75, 3.05) is 6.61 Å². The average molecular weight is 268 g/mol. The van der Waals surface area contributed by atoms with Crippen LogP contribution in [0.3, 0.4) is 0 Å². The van der Waals surface area contributed by atoms with Crippen LogP contribution in [0.4, 0.5) is 4.39 Å². The van der Waals surface area contributed by atoms with E-state index in [1.807, 2.05) is 19.9 Å². The van der Waals surface area contributed by atoms with Crippen molar-refractivity contribution < 1.29 is 9.13 Å². The topological polar surface area (TPSA) is 9.23 Å². The predicted octanol–water partition coefficient (Wildman–Crippen LogP) is 5.90. The molecular weight excluding hydrogens is 239 g/mol. The Morgan fingerprint density at radius 1 is 0.947 bits per heavy atom. The van der Waals surface area contributed by atoms with Crippen LogP contribution in [0.1, 0.15) is 64.9 Å². The summed E-state index contributed by atoms with van der Waals surface area (Å²) in [7, 11) is 0.